The lowest BCUT2D eigenvalue weighted by Crippen LogP contribution is -2.44. The molecule has 0 bridgehead atoms. The molecule has 2 N–H and O–H groups in total. The number of rotatable bonds is 6. The fourth-order valence-electron chi connectivity index (χ4n) is 3.31. The summed E-state index contributed by atoms with van der Waals surface area (Å²) in [5.41, 5.74) is 1.69. The molecule has 1 aromatic carbocycles. The van der Waals surface area contributed by atoms with Gasteiger partial charge in [-0.2, -0.15) is 0 Å². The molecule has 26 heavy (non-hydrogen) atoms. The molecular weight excluding hydrogens is 350 g/mol. The maximum Gasteiger partial charge on any atom is 0.251 e. The molecule has 0 saturated heterocycles. The Kier molecular flexibility index (Phi) is 6.23. The predicted octanol–water partition coefficient (Wildman–Crippen LogP) is 2.99. The zero-order valence-electron chi connectivity index (χ0n) is 14.5. The van der Waals surface area contributed by atoms with Crippen molar-refractivity contribution in [3.63, 3.8) is 0 Å². The SMILES string of the molecule is O=C(N[C@@H]1CCC[C@@H]1C(=O)NCCc1ccc(Cl)cc1)c1ccncc1. The number of nitrogens with zero attached hydrogens (tertiary/aromatic N) is 1. The van der Waals surface area contributed by atoms with E-state index in [1.807, 2.05) is 24.3 Å². The van der Waals surface area contributed by atoms with Crippen LogP contribution in [0.4, 0.5) is 0 Å². The van der Waals surface area contributed by atoms with E-state index < -0.39 is 0 Å². The quantitative estimate of drug-likeness (QED) is 0.820. The number of hydrogen-bond donors (Lipinski definition) is 2. The molecule has 1 aliphatic carbocycles. The first-order valence-electron chi connectivity index (χ1n) is 8.86. The van der Waals surface area contributed by atoms with Crippen LogP contribution in [0.15, 0.2) is 48.8 Å². The number of benzene rings is 1. The summed E-state index contributed by atoms with van der Waals surface area (Å²) in [5, 5.41) is 6.70. The molecule has 1 aromatic heterocycles. The van der Waals surface area contributed by atoms with Gasteiger partial charge in [-0.05, 0) is 49.1 Å². The molecule has 5 nitrogen and oxygen atoms in total. The predicted molar refractivity (Wildman–Crippen MR) is 101 cm³/mol. The van der Waals surface area contributed by atoms with E-state index in [2.05, 4.69) is 15.6 Å². The summed E-state index contributed by atoms with van der Waals surface area (Å²) in [6.45, 7) is 0.571. The van der Waals surface area contributed by atoms with E-state index in [0.29, 0.717) is 17.1 Å². The molecule has 0 spiro atoms. The number of hydrogen-bond acceptors (Lipinski definition) is 3. The minimum absolute atomic E-state index is 0.0106. The van der Waals surface area contributed by atoms with Crippen LogP contribution >= 0.6 is 11.6 Å². The first-order chi connectivity index (χ1) is 12.6. The van der Waals surface area contributed by atoms with Gasteiger partial charge in [-0.25, -0.2) is 0 Å². The molecule has 0 unspecified atom stereocenters. The van der Waals surface area contributed by atoms with Crippen molar-refractivity contribution < 1.29 is 9.59 Å². The van der Waals surface area contributed by atoms with Crippen LogP contribution in [0.5, 0.6) is 0 Å². The standard InChI is InChI=1S/C20H22ClN3O2/c21-16-6-4-14(5-7-16)8-13-23-20(26)17-2-1-3-18(17)24-19(25)15-9-11-22-12-10-15/h4-7,9-12,17-18H,1-3,8,13H2,(H,23,26)(H,24,25)/t17-,18+/m0/s1. The molecule has 2 aromatic rings. The van der Waals surface area contributed by atoms with Crippen molar-refractivity contribution in [2.24, 2.45) is 5.92 Å². The summed E-state index contributed by atoms with van der Waals surface area (Å²) < 4.78 is 0. The first kappa shape index (κ1) is 18.4. The number of nitrogens with one attached hydrogen (secondary N) is 2. The minimum atomic E-state index is -0.175. The second-order valence-electron chi connectivity index (χ2n) is 6.52. The van der Waals surface area contributed by atoms with Crippen LogP contribution in [0, 0.1) is 5.92 Å². The highest BCUT2D eigenvalue weighted by molar-refractivity contribution is 6.30. The zero-order chi connectivity index (χ0) is 18.4. The molecule has 3 rings (SSSR count). The Hall–Kier alpha value is -2.40. The molecule has 1 aliphatic rings. The second kappa shape index (κ2) is 8.81. The minimum Gasteiger partial charge on any atom is -0.355 e. The molecule has 0 radical (unpaired) electrons. The smallest absolute Gasteiger partial charge is 0.251 e. The van der Waals surface area contributed by atoms with E-state index in [9.17, 15) is 9.59 Å². The fourth-order valence-corrected chi connectivity index (χ4v) is 3.44. The van der Waals surface area contributed by atoms with Gasteiger partial charge in [-0.15, -0.1) is 0 Å². The van der Waals surface area contributed by atoms with Gasteiger partial charge in [0.05, 0.1) is 5.92 Å². The Morgan fingerprint density at radius 2 is 1.81 bits per heavy atom. The van der Waals surface area contributed by atoms with Crippen LogP contribution < -0.4 is 10.6 Å². The average molecular weight is 372 g/mol. The average Bonchev–Trinajstić information content (AvgIpc) is 3.12. The van der Waals surface area contributed by atoms with E-state index >= 15 is 0 Å². The van der Waals surface area contributed by atoms with Crippen molar-refractivity contribution in [1.29, 1.82) is 0 Å². The molecule has 1 fully saturated rings. The topological polar surface area (TPSA) is 71.1 Å². The largest absolute Gasteiger partial charge is 0.355 e. The summed E-state index contributed by atoms with van der Waals surface area (Å²) in [6, 6.07) is 10.8. The lowest BCUT2D eigenvalue weighted by atomic mass is 10.0. The third-order valence-electron chi connectivity index (χ3n) is 4.74. The van der Waals surface area contributed by atoms with Gasteiger partial charge in [-0.1, -0.05) is 30.2 Å². The number of amides is 2. The summed E-state index contributed by atoms with van der Waals surface area (Å²) in [6.07, 6.45) is 6.50. The van der Waals surface area contributed by atoms with Gasteiger partial charge in [0.1, 0.15) is 0 Å². The van der Waals surface area contributed by atoms with Crippen molar-refractivity contribution in [3.05, 3.63) is 64.9 Å². The van der Waals surface area contributed by atoms with Gasteiger partial charge in [0.25, 0.3) is 5.91 Å². The van der Waals surface area contributed by atoms with E-state index in [4.69, 9.17) is 11.6 Å². The van der Waals surface area contributed by atoms with Gasteiger partial charge < -0.3 is 10.6 Å². The molecule has 0 aliphatic heterocycles. The number of carbonyl (C=O) groups is 2. The molecule has 1 saturated carbocycles. The van der Waals surface area contributed by atoms with Crippen LogP contribution in [0.25, 0.3) is 0 Å². The Labute approximate surface area is 158 Å². The van der Waals surface area contributed by atoms with E-state index in [-0.39, 0.29) is 23.8 Å². The number of halogens is 1. The van der Waals surface area contributed by atoms with Crippen LogP contribution in [0.1, 0.15) is 35.2 Å². The third kappa shape index (κ3) is 4.82. The molecule has 1 heterocycles. The maximum absolute atomic E-state index is 12.5. The molecule has 6 heteroatoms. The third-order valence-corrected chi connectivity index (χ3v) is 4.99. The highest BCUT2D eigenvalue weighted by Crippen LogP contribution is 2.26. The lowest BCUT2D eigenvalue weighted by Gasteiger charge is -2.20. The van der Waals surface area contributed by atoms with Crippen molar-refractivity contribution in [1.82, 2.24) is 15.6 Å². The summed E-state index contributed by atoms with van der Waals surface area (Å²) in [4.78, 5) is 28.8. The monoisotopic (exact) mass is 371 g/mol. The highest BCUT2D eigenvalue weighted by atomic mass is 35.5. The van der Waals surface area contributed by atoms with Crippen molar-refractivity contribution >= 4 is 23.4 Å². The second-order valence-corrected chi connectivity index (χ2v) is 6.96. The first-order valence-corrected chi connectivity index (χ1v) is 9.24. The van der Waals surface area contributed by atoms with E-state index in [0.717, 1.165) is 31.2 Å². The summed E-state index contributed by atoms with van der Waals surface area (Å²) in [7, 11) is 0. The van der Waals surface area contributed by atoms with E-state index in [1.54, 1.807) is 24.5 Å². The van der Waals surface area contributed by atoms with Crippen molar-refractivity contribution in [3.8, 4) is 0 Å². The normalized spacial score (nSPS) is 19.1. The van der Waals surface area contributed by atoms with Gasteiger partial charge >= 0.3 is 0 Å². The van der Waals surface area contributed by atoms with Crippen molar-refractivity contribution in [2.45, 2.75) is 31.7 Å². The molecular formula is C20H22ClN3O2. The maximum atomic E-state index is 12.5. The van der Waals surface area contributed by atoms with Crippen LogP contribution in [-0.2, 0) is 11.2 Å². The number of carbonyl (C=O) groups excluding carboxylic acids is 2. The molecule has 2 atom stereocenters. The number of pyridine rings is 1. The molecule has 136 valence electrons. The summed E-state index contributed by atoms with van der Waals surface area (Å²) >= 11 is 5.88. The van der Waals surface area contributed by atoms with Crippen LogP contribution in [0.2, 0.25) is 5.02 Å². The van der Waals surface area contributed by atoms with Crippen LogP contribution in [0.3, 0.4) is 0 Å². The Balaban J connectivity index is 1.50. The van der Waals surface area contributed by atoms with Gasteiger partial charge in [-0.3, -0.25) is 14.6 Å². The Morgan fingerprint density at radius 3 is 2.54 bits per heavy atom. The van der Waals surface area contributed by atoms with Gasteiger partial charge in [0.2, 0.25) is 5.91 Å². The fraction of sp³-hybridized carbons (Fsp3) is 0.350. The van der Waals surface area contributed by atoms with Crippen molar-refractivity contribution in [2.75, 3.05) is 6.54 Å². The Bertz CT molecular complexity index is 749. The number of aromatic nitrogens is 1. The Morgan fingerprint density at radius 1 is 1.08 bits per heavy atom. The van der Waals surface area contributed by atoms with Crippen LogP contribution in [-0.4, -0.2) is 29.4 Å². The zero-order valence-corrected chi connectivity index (χ0v) is 15.2. The van der Waals surface area contributed by atoms with E-state index in [1.165, 1.54) is 0 Å². The van der Waals surface area contributed by atoms with Gasteiger partial charge in [0, 0.05) is 35.6 Å². The molecule has 2 amide bonds. The van der Waals surface area contributed by atoms with Gasteiger partial charge in [0.15, 0.2) is 0 Å². The summed E-state index contributed by atoms with van der Waals surface area (Å²) in [5.74, 6) is -0.319. The highest BCUT2D eigenvalue weighted by Gasteiger charge is 2.33. The lowest BCUT2D eigenvalue weighted by molar-refractivity contribution is -0.125.